The summed E-state index contributed by atoms with van der Waals surface area (Å²) in [6.45, 7) is 2.53. The van der Waals surface area contributed by atoms with E-state index in [9.17, 15) is 27.9 Å². The van der Waals surface area contributed by atoms with E-state index in [2.05, 4.69) is 11.8 Å². The third kappa shape index (κ3) is 4.73. The van der Waals surface area contributed by atoms with Crippen LogP contribution in [0.4, 0.5) is 5.69 Å². The molecule has 10 nitrogen and oxygen atoms in total. The van der Waals surface area contributed by atoms with Crippen LogP contribution in [0.5, 0.6) is 5.75 Å². The number of aliphatic carboxylic acids is 1. The summed E-state index contributed by atoms with van der Waals surface area (Å²) >= 11 is 0. The molecule has 1 heterocycles. The lowest BCUT2D eigenvalue weighted by molar-refractivity contribution is -0.144. The summed E-state index contributed by atoms with van der Waals surface area (Å²) in [5.74, 6) is 2.33. The SMILES string of the molecule is CC#CCOc1ccc(S(=O)(=O)N2Cc3ccccc3N(C(C)=O)C(C(N)=O)C2C(=O)O)cc1. The number of fused-ring (bicyclic) bond motifs is 1. The third-order valence-corrected chi connectivity index (χ3v) is 7.11. The van der Waals surface area contributed by atoms with Crippen LogP contribution in [-0.4, -0.2) is 54.3 Å². The van der Waals surface area contributed by atoms with E-state index >= 15 is 0 Å². The summed E-state index contributed by atoms with van der Waals surface area (Å²) in [7, 11) is -4.46. The highest BCUT2D eigenvalue weighted by atomic mass is 32.2. The van der Waals surface area contributed by atoms with Crippen LogP contribution >= 0.6 is 0 Å². The largest absolute Gasteiger partial charge is 0.481 e. The Kier molecular flexibility index (Phi) is 7.24. The Morgan fingerprint density at radius 3 is 2.32 bits per heavy atom. The molecule has 0 aliphatic carbocycles. The van der Waals surface area contributed by atoms with Crippen molar-refractivity contribution in [3.63, 3.8) is 0 Å². The minimum Gasteiger partial charge on any atom is -0.481 e. The highest BCUT2D eigenvalue weighted by Crippen LogP contribution is 2.34. The molecule has 0 spiro atoms. The smallest absolute Gasteiger partial charge is 0.324 e. The van der Waals surface area contributed by atoms with Gasteiger partial charge in [-0.2, -0.15) is 4.31 Å². The van der Waals surface area contributed by atoms with Gasteiger partial charge in [0.1, 0.15) is 18.4 Å². The second-order valence-electron chi connectivity index (χ2n) is 7.39. The lowest BCUT2D eigenvalue weighted by Gasteiger charge is -2.34. The van der Waals surface area contributed by atoms with Crippen molar-refractivity contribution >= 4 is 33.5 Å². The highest BCUT2D eigenvalue weighted by molar-refractivity contribution is 7.89. The van der Waals surface area contributed by atoms with Crippen LogP contribution in [0.2, 0.25) is 0 Å². The molecule has 11 heteroatoms. The predicted octanol–water partition coefficient (Wildman–Crippen LogP) is 0.953. The maximum absolute atomic E-state index is 13.6. The quantitative estimate of drug-likeness (QED) is 0.579. The molecule has 0 radical (unpaired) electrons. The van der Waals surface area contributed by atoms with Crippen molar-refractivity contribution in [1.29, 1.82) is 0 Å². The zero-order chi connectivity index (χ0) is 25.0. The fourth-order valence-corrected chi connectivity index (χ4v) is 5.33. The van der Waals surface area contributed by atoms with Gasteiger partial charge in [-0.25, -0.2) is 8.42 Å². The number of hydrogen-bond acceptors (Lipinski definition) is 6. The summed E-state index contributed by atoms with van der Waals surface area (Å²) in [5, 5.41) is 10.0. The zero-order valence-corrected chi connectivity index (χ0v) is 19.3. The van der Waals surface area contributed by atoms with E-state index in [1.807, 2.05) is 0 Å². The number of carboxylic acids is 1. The molecule has 3 N–H and O–H groups in total. The van der Waals surface area contributed by atoms with Crippen LogP contribution in [-0.2, 0) is 31.0 Å². The summed E-state index contributed by atoms with van der Waals surface area (Å²) in [4.78, 5) is 38.0. The van der Waals surface area contributed by atoms with Gasteiger partial charge in [0.05, 0.1) is 4.90 Å². The lowest BCUT2D eigenvalue weighted by atomic mass is 10.1. The topological polar surface area (TPSA) is 147 Å². The second-order valence-corrected chi connectivity index (χ2v) is 9.28. The monoisotopic (exact) mass is 485 g/mol. The Morgan fingerprint density at radius 1 is 1.12 bits per heavy atom. The molecule has 2 aromatic carbocycles. The molecule has 1 aliphatic heterocycles. The first kappa shape index (κ1) is 24.8. The molecule has 34 heavy (non-hydrogen) atoms. The number of nitrogens with two attached hydrogens (primary N) is 1. The first-order valence-electron chi connectivity index (χ1n) is 10.1. The summed E-state index contributed by atoms with van der Waals surface area (Å²) in [5.41, 5.74) is 6.08. The van der Waals surface area contributed by atoms with Crippen LogP contribution in [0.1, 0.15) is 19.4 Å². The molecule has 0 aromatic heterocycles. The molecular weight excluding hydrogens is 462 g/mol. The number of sulfonamides is 1. The van der Waals surface area contributed by atoms with Crippen molar-refractivity contribution in [2.75, 3.05) is 11.5 Å². The molecule has 0 saturated carbocycles. The molecule has 0 fully saturated rings. The molecule has 2 aromatic rings. The number of carbonyl (C=O) groups is 3. The standard InChI is InChI=1S/C23H23N3O7S/c1-3-4-13-33-17-9-11-18(12-10-17)34(31,32)25-14-16-7-5-6-8-19(16)26(15(2)27)20(22(24)28)21(25)23(29)30/h5-12,20-21H,13-14H2,1-2H3,(H2,24,28)(H,29,30). The fourth-order valence-electron chi connectivity index (χ4n) is 3.77. The van der Waals surface area contributed by atoms with E-state index in [1.54, 1.807) is 25.1 Å². The average molecular weight is 486 g/mol. The Labute approximate surface area is 197 Å². The van der Waals surface area contributed by atoms with Gasteiger partial charge in [-0.05, 0) is 42.8 Å². The number of amides is 2. The number of primary amides is 1. The zero-order valence-electron chi connectivity index (χ0n) is 18.5. The lowest BCUT2D eigenvalue weighted by Crippen LogP contribution is -2.61. The summed E-state index contributed by atoms with van der Waals surface area (Å²) in [6, 6.07) is 7.90. The third-order valence-electron chi connectivity index (χ3n) is 5.27. The predicted molar refractivity (Wildman–Crippen MR) is 122 cm³/mol. The molecular formula is C23H23N3O7S. The Balaban J connectivity index is 2.15. The Hall–Kier alpha value is -3.88. The first-order valence-corrected chi connectivity index (χ1v) is 11.6. The summed E-state index contributed by atoms with van der Waals surface area (Å²) < 4.78 is 33.3. The Morgan fingerprint density at radius 2 is 1.76 bits per heavy atom. The molecule has 3 rings (SSSR count). The molecule has 2 amide bonds. The normalized spacial score (nSPS) is 18.1. The van der Waals surface area contributed by atoms with Crippen molar-refractivity contribution in [2.45, 2.75) is 37.4 Å². The number of anilines is 1. The molecule has 1 aliphatic rings. The van der Waals surface area contributed by atoms with Gasteiger partial charge in [-0.15, -0.1) is 5.92 Å². The molecule has 178 valence electrons. The average Bonchev–Trinajstić information content (AvgIpc) is 2.95. The van der Waals surface area contributed by atoms with Crippen LogP contribution in [0.3, 0.4) is 0 Å². The molecule has 0 bridgehead atoms. The van der Waals surface area contributed by atoms with Gasteiger partial charge in [-0.1, -0.05) is 24.1 Å². The van der Waals surface area contributed by atoms with E-state index in [1.165, 1.54) is 30.3 Å². The van der Waals surface area contributed by atoms with Crippen molar-refractivity contribution in [3.8, 4) is 17.6 Å². The van der Waals surface area contributed by atoms with Gasteiger partial charge in [0, 0.05) is 19.2 Å². The number of para-hydroxylation sites is 1. The number of carbonyl (C=O) groups excluding carboxylic acids is 2. The second kappa shape index (κ2) is 9.94. The number of ether oxygens (including phenoxy) is 1. The van der Waals surface area contributed by atoms with Gasteiger partial charge < -0.3 is 15.6 Å². The van der Waals surface area contributed by atoms with Crippen LogP contribution < -0.4 is 15.4 Å². The summed E-state index contributed by atoms with van der Waals surface area (Å²) in [6.07, 6.45) is 0. The van der Waals surface area contributed by atoms with E-state index in [0.717, 1.165) is 11.8 Å². The van der Waals surface area contributed by atoms with E-state index in [4.69, 9.17) is 10.5 Å². The number of carboxylic acid groups (broad SMARTS) is 1. The number of hydrogen-bond donors (Lipinski definition) is 2. The molecule has 0 saturated heterocycles. The van der Waals surface area contributed by atoms with Gasteiger partial charge in [0.2, 0.25) is 21.8 Å². The number of benzene rings is 2. The highest BCUT2D eigenvalue weighted by Gasteiger charge is 2.49. The van der Waals surface area contributed by atoms with E-state index < -0.39 is 46.4 Å². The van der Waals surface area contributed by atoms with Gasteiger partial charge in [0.25, 0.3) is 0 Å². The van der Waals surface area contributed by atoms with Crippen molar-refractivity contribution in [1.82, 2.24) is 4.31 Å². The van der Waals surface area contributed by atoms with E-state index in [0.29, 0.717) is 15.6 Å². The van der Waals surface area contributed by atoms with Gasteiger partial charge >= 0.3 is 5.97 Å². The molecule has 2 atom stereocenters. The number of rotatable bonds is 6. The maximum Gasteiger partial charge on any atom is 0.324 e. The minimum atomic E-state index is -4.46. The van der Waals surface area contributed by atoms with Crippen LogP contribution in [0.25, 0.3) is 0 Å². The fraction of sp³-hybridized carbons (Fsp3) is 0.261. The van der Waals surface area contributed by atoms with Crippen molar-refractivity contribution in [3.05, 3.63) is 54.1 Å². The Bertz CT molecular complexity index is 1280. The molecule has 2 unspecified atom stereocenters. The van der Waals surface area contributed by atoms with Crippen molar-refractivity contribution in [2.24, 2.45) is 5.73 Å². The van der Waals surface area contributed by atoms with Gasteiger partial charge in [0.15, 0.2) is 6.04 Å². The number of nitrogens with zero attached hydrogens (tertiary/aromatic N) is 2. The van der Waals surface area contributed by atoms with E-state index in [-0.39, 0.29) is 17.2 Å². The van der Waals surface area contributed by atoms with Crippen LogP contribution in [0, 0.1) is 11.8 Å². The maximum atomic E-state index is 13.6. The van der Waals surface area contributed by atoms with Gasteiger partial charge in [-0.3, -0.25) is 19.3 Å². The first-order chi connectivity index (χ1) is 16.1. The minimum absolute atomic E-state index is 0.119. The van der Waals surface area contributed by atoms with Crippen LogP contribution in [0.15, 0.2) is 53.4 Å². The van der Waals surface area contributed by atoms with Crippen molar-refractivity contribution < 1.29 is 32.6 Å².